The summed E-state index contributed by atoms with van der Waals surface area (Å²) in [6.45, 7) is 1.72. The Hall–Kier alpha value is -2.20. The Balaban J connectivity index is 0.000000847. The first-order chi connectivity index (χ1) is 10.6. The van der Waals surface area contributed by atoms with Crippen molar-refractivity contribution in [2.45, 2.75) is 13.3 Å². The molecule has 3 rings (SSSR count). The van der Waals surface area contributed by atoms with Crippen molar-refractivity contribution < 1.29 is 18.7 Å². The molecule has 0 aliphatic heterocycles. The third-order valence-corrected chi connectivity index (χ3v) is 3.44. The molecule has 2 aromatic heterocycles. The molecule has 0 aliphatic rings. The molecule has 5 heteroatoms. The minimum atomic E-state index is -0.539. The van der Waals surface area contributed by atoms with Gasteiger partial charge >= 0.3 is 0 Å². The van der Waals surface area contributed by atoms with Crippen molar-refractivity contribution in [3.05, 3.63) is 54.0 Å². The van der Waals surface area contributed by atoms with Crippen LogP contribution in [0.4, 0.5) is 4.39 Å². The van der Waals surface area contributed by atoms with Crippen LogP contribution < -0.4 is 4.40 Å². The van der Waals surface area contributed by atoms with Crippen LogP contribution in [0, 0.1) is 5.82 Å². The van der Waals surface area contributed by atoms with Gasteiger partial charge in [-0.25, -0.2) is 4.39 Å². The van der Waals surface area contributed by atoms with Crippen molar-refractivity contribution in [1.82, 2.24) is 0 Å². The number of hydrogen-bond acceptors (Lipinski definition) is 2. The molecule has 114 valence electrons. The Morgan fingerprint density at radius 1 is 1.18 bits per heavy atom. The van der Waals surface area contributed by atoms with Crippen LogP contribution in [0.3, 0.4) is 0 Å². The Labute approximate surface area is 132 Å². The highest BCUT2D eigenvalue weighted by molar-refractivity contribution is 6.15. The van der Waals surface area contributed by atoms with Crippen molar-refractivity contribution >= 4 is 33.8 Å². The lowest BCUT2D eigenvalue weighted by Crippen LogP contribution is -2.25. The van der Waals surface area contributed by atoms with Crippen molar-refractivity contribution in [3.63, 3.8) is 0 Å². The zero-order valence-corrected chi connectivity index (χ0v) is 13.1. The topological polar surface area (TPSA) is 41.4 Å². The molecule has 0 fully saturated rings. The predicted octanol–water partition coefficient (Wildman–Crippen LogP) is 3.87. The monoisotopic (exact) mass is 320 g/mol. The number of benzene rings is 1. The number of alkyl halides is 1. The lowest BCUT2D eigenvalue weighted by atomic mass is 10.0. The number of fused-ring (bicyclic) bond motifs is 3. The summed E-state index contributed by atoms with van der Waals surface area (Å²) in [4.78, 5) is 12.1. The smallest absolute Gasteiger partial charge is 0.225 e. The Kier molecular flexibility index (Phi) is 4.93. The molecule has 2 heterocycles. The number of ketones is 1. The van der Waals surface area contributed by atoms with E-state index >= 15 is 0 Å². The maximum Gasteiger partial charge on any atom is 0.225 e. The zero-order chi connectivity index (χ0) is 16.3. The number of hydrogen-bond donors (Lipinski definition) is 1. The second-order valence-corrected chi connectivity index (χ2v) is 4.59. The molecule has 0 aliphatic carbocycles. The normalized spacial score (nSPS) is 10.4. The van der Waals surface area contributed by atoms with Crippen LogP contribution in [0.5, 0.6) is 5.75 Å². The van der Waals surface area contributed by atoms with E-state index in [1.807, 2.05) is 0 Å². The lowest BCUT2D eigenvalue weighted by molar-refractivity contribution is -0.481. The van der Waals surface area contributed by atoms with Gasteiger partial charge in [-0.2, -0.15) is 4.40 Å². The average Bonchev–Trinajstić information content (AvgIpc) is 2.56. The van der Waals surface area contributed by atoms with E-state index in [0.717, 1.165) is 0 Å². The molecule has 0 radical (unpaired) electrons. The molecule has 0 saturated carbocycles. The maximum absolute atomic E-state index is 14.0. The van der Waals surface area contributed by atoms with Gasteiger partial charge in [0.2, 0.25) is 11.0 Å². The number of carbonyl (C=O) groups excluding carboxylic acids is 1. The average molecular weight is 321 g/mol. The predicted molar refractivity (Wildman–Crippen MR) is 85.1 cm³/mol. The Morgan fingerprint density at radius 2 is 1.86 bits per heavy atom. The molecule has 0 spiro atoms. The molecule has 0 amide bonds. The van der Waals surface area contributed by atoms with Crippen LogP contribution in [0.25, 0.3) is 16.4 Å². The fraction of sp³-hybridized carbons (Fsp3) is 0.176. The Bertz CT molecular complexity index is 849. The number of rotatable bonds is 2. The molecule has 0 atom stereocenters. The van der Waals surface area contributed by atoms with E-state index in [9.17, 15) is 14.3 Å². The summed E-state index contributed by atoms with van der Waals surface area (Å²) in [5.41, 5.74) is 1.28. The van der Waals surface area contributed by atoms with E-state index < -0.39 is 5.82 Å². The van der Waals surface area contributed by atoms with Crippen molar-refractivity contribution in [1.29, 1.82) is 0 Å². The van der Waals surface area contributed by atoms with Gasteiger partial charge in [0.15, 0.2) is 12.0 Å². The zero-order valence-electron chi connectivity index (χ0n) is 12.3. The summed E-state index contributed by atoms with van der Waals surface area (Å²) in [5.74, 6) is -1.03. The molecule has 1 aromatic carbocycles. The van der Waals surface area contributed by atoms with Gasteiger partial charge in [0.05, 0.1) is 0 Å². The molecule has 3 nitrogen and oxygen atoms in total. The summed E-state index contributed by atoms with van der Waals surface area (Å²) in [7, 11) is 0. The van der Waals surface area contributed by atoms with Crippen molar-refractivity contribution in [2.75, 3.05) is 6.38 Å². The van der Waals surface area contributed by atoms with Gasteiger partial charge in [0, 0.05) is 31.0 Å². The van der Waals surface area contributed by atoms with Gasteiger partial charge in [0.1, 0.15) is 22.5 Å². The van der Waals surface area contributed by atoms with Gasteiger partial charge in [-0.1, -0.05) is 13.0 Å². The van der Waals surface area contributed by atoms with E-state index in [1.165, 1.54) is 12.4 Å². The molecule has 0 unspecified atom stereocenters. The Morgan fingerprint density at radius 3 is 2.55 bits per heavy atom. The summed E-state index contributed by atoms with van der Waals surface area (Å²) < 4.78 is 15.8. The second-order valence-electron chi connectivity index (χ2n) is 4.59. The fourth-order valence-corrected chi connectivity index (χ4v) is 2.50. The van der Waals surface area contributed by atoms with Gasteiger partial charge in [0.25, 0.3) is 0 Å². The molecule has 0 bridgehead atoms. The first kappa shape index (κ1) is 16.2. The number of nitrogens with zero attached hydrogens (tertiary/aromatic N) is 1. The van der Waals surface area contributed by atoms with E-state index in [1.54, 1.807) is 47.9 Å². The number of aromatic nitrogens is 1. The van der Waals surface area contributed by atoms with Gasteiger partial charge in [-0.15, -0.1) is 11.6 Å². The molecular formula is C17H16ClFNO2+. The first-order valence-electron chi connectivity index (χ1n) is 6.79. The van der Waals surface area contributed by atoms with E-state index in [4.69, 9.17) is 0 Å². The number of halogens is 2. The van der Waals surface area contributed by atoms with Crippen LogP contribution in [0.1, 0.15) is 23.7 Å². The summed E-state index contributed by atoms with van der Waals surface area (Å²) in [5, 5.41) is 10.4. The van der Waals surface area contributed by atoms with Crippen LogP contribution in [0.2, 0.25) is 0 Å². The van der Waals surface area contributed by atoms with Crippen molar-refractivity contribution in [3.8, 4) is 5.75 Å². The number of pyridine rings is 2. The molecule has 22 heavy (non-hydrogen) atoms. The van der Waals surface area contributed by atoms with Crippen molar-refractivity contribution in [2.24, 2.45) is 0 Å². The summed E-state index contributed by atoms with van der Waals surface area (Å²) >= 11 is 4.64. The lowest BCUT2D eigenvalue weighted by Gasteiger charge is -2.07. The minimum absolute atomic E-state index is 0.0769. The van der Waals surface area contributed by atoms with Gasteiger partial charge in [-0.3, -0.25) is 4.79 Å². The maximum atomic E-state index is 14.0. The molecular weight excluding hydrogens is 305 g/mol. The molecule has 1 N–H and O–H groups in total. The van der Waals surface area contributed by atoms with Crippen LogP contribution in [-0.4, -0.2) is 17.3 Å². The van der Waals surface area contributed by atoms with Gasteiger partial charge in [-0.05, 0) is 12.1 Å². The third-order valence-electron chi connectivity index (χ3n) is 3.44. The number of carbonyl (C=O) groups is 1. The van der Waals surface area contributed by atoms with Crippen LogP contribution >= 0.6 is 11.6 Å². The van der Waals surface area contributed by atoms with E-state index in [2.05, 4.69) is 11.6 Å². The van der Waals surface area contributed by atoms with Gasteiger partial charge < -0.3 is 5.11 Å². The van der Waals surface area contributed by atoms with E-state index in [-0.39, 0.29) is 28.9 Å². The highest BCUT2D eigenvalue weighted by atomic mass is 35.5. The van der Waals surface area contributed by atoms with E-state index in [0.29, 0.717) is 11.0 Å². The first-order valence-corrected chi connectivity index (χ1v) is 7.55. The minimum Gasteiger partial charge on any atom is -0.506 e. The molecule has 3 aromatic rings. The number of Topliss-reactive ketones (excluding diaryl/α,β-unsaturated/α-hetero) is 1. The second kappa shape index (κ2) is 6.71. The SMILES string of the molecule is CCC(=O)c1c(O)c2c(F)cccc2[n+]2ccccc12.CCl. The highest BCUT2D eigenvalue weighted by Gasteiger charge is 2.26. The number of aromatic hydroxyl groups is 1. The quantitative estimate of drug-likeness (QED) is 0.337. The fourth-order valence-electron chi connectivity index (χ4n) is 2.50. The summed E-state index contributed by atoms with van der Waals surface area (Å²) in [6, 6.07) is 9.90. The standard InChI is InChI=1S/C16H12FNO2.CH3Cl/c1-2-13(19)15-12-7-3-4-9-18(12)11-8-5-6-10(17)14(11)16(15)20;1-2/h3-9H,2H2,1H3;1H3/p+1. The van der Waals surface area contributed by atoms with Crippen LogP contribution in [-0.2, 0) is 0 Å². The largest absolute Gasteiger partial charge is 0.506 e. The molecule has 0 saturated heterocycles. The highest BCUT2D eigenvalue weighted by Crippen LogP contribution is 2.31. The van der Waals surface area contributed by atoms with Crippen LogP contribution in [0.15, 0.2) is 42.6 Å². The summed E-state index contributed by atoms with van der Waals surface area (Å²) in [6.07, 6.45) is 3.47. The third kappa shape index (κ3) is 2.50.